The number of rotatable bonds is 6. The van der Waals surface area contributed by atoms with Crippen molar-refractivity contribution in [2.24, 2.45) is 5.73 Å². The Hall–Kier alpha value is -4.11. The van der Waals surface area contributed by atoms with Crippen LogP contribution in [0.1, 0.15) is 21.7 Å². The van der Waals surface area contributed by atoms with Gasteiger partial charge in [-0.2, -0.15) is 5.26 Å². The van der Waals surface area contributed by atoms with E-state index < -0.39 is 11.9 Å². The van der Waals surface area contributed by atoms with Crippen molar-refractivity contribution in [1.82, 2.24) is 0 Å². The first-order chi connectivity index (χ1) is 13.6. The summed E-state index contributed by atoms with van der Waals surface area (Å²) in [5, 5.41) is 8.88. The fourth-order valence-electron chi connectivity index (χ4n) is 2.46. The molecule has 0 unspecified atom stereocenters. The quantitative estimate of drug-likeness (QED) is 0.403. The predicted octanol–water partition coefficient (Wildman–Crippen LogP) is 3.70. The van der Waals surface area contributed by atoms with Crippen LogP contribution in [0.25, 0.3) is 17.4 Å². The van der Waals surface area contributed by atoms with Crippen LogP contribution in [0.3, 0.4) is 0 Å². The molecule has 3 aromatic rings. The number of carbonyl (C=O) groups excluding carboxylic acids is 2. The van der Waals surface area contributed by atoms with Gasteiger partial charge in [-0.15, -0.1) is 0 Å². The number of carbonyl (C=O) groups is 2. The normalized spacial score (nSPS) is 10.9. The van der Waals surface area contributed by atoms with E-state index in [0.717, 1.165) is 11.1 Å². The Morgan fingerprint density at radius 1 is 1.04 bits per heavy atom. The van der Waals surface area contributed by atoms with Gasteiger partial charge in [0.15, 0.2) is 0 Å². The Bertz CT molecular complexity index is 1060. The first-order valence-corrected chi connectivity index (χ1v) is 8.40. The van der Waals surface area contributed by atoms with Crippen LogP contribution in [0.4, 0.5) is 0 Å². The van der Waals surface area contributed by atoms with Gasteiger partial charge in [-0.05, 0) is 29.8 Å². The number of nitrogens with zero attached hydrogens (tertiary/aromatic N) is 1. The number of ether oxygens (including phenoxy) is 1. The molecule has 0 atom stereocenters. The molecule has 2 aromatic carbocycles. The van der Waals surface area contributed by atoms with Crippen LogP contribution < -0.4 is 5.73 Å². The van der Waals surface area contributed by atoms with Crippen LogP contribution in [0, 0.1) is 11.3 Å². The number of nitrogens with two attached hydrogens (primary N) is 1. The number of hydrogen-bond donors (Lipinski definition) is 1. The van der Waals surface area contributed by atoms with E-state index in [2.05, 4.69) is 0 Å². The van der Waals surface area contributed by atoms with E-state index in [-0.39, 0.29) is 12.2 Å². The third-order valence-corrected chi connectivity index (χ3v) is 3.92. The molecule has 0 saturated heterocycles. The van der Waals surface area contributed by atoms with E-state index in [1.165, 1.54) is 6.08 Å². The van der Waals surface area contributed by atoms with Crippen molar-refractivity contribution in [3.05, 3.63) is 89.2 Å². The maximum absolute atomic E-state index is 12.2. The summed E-state index contributed by atoms with van der Waals surface area (Å²) < 4.78 is 10.9. The number of nitriles is 1. The number of furan rings is 1. The van der Waals surface area contributed by atoms with Crippen molar-refractivity contribution in [3.63, 3.8) is 0 Å². The summed E-state index contributed by atoms with van der Waals surface area (Å²) in [6.45, 7) is 0.205. The Balaban J connectivity index is 1.68. The van der Waals surface area contributed by atoms with Gasteiger partial charge in [0.2, 0.25) is 0 Å². The molecule has 3 rings (SSSR count). The molecule has 0 spiro atoms. The van der Waals surface area contributed by atoms with Gasteiger partial charge in [-0.25, -0.2) is 4.79 Å². The molecular formula is C22H16N2O4. The van der Waals surface area contributed by atoms with E-state index in [0.29, 0.717) is 17.1 Å². The molecule has 1 aromatic heterocycles. The van der Waals surface area contributed by atoms with Crippen LogP contribution >= 0.6 is 0 Å². The lowest BCUT2D eigenvalue weighted by molar-refractivity contribution is -0.114. The molecule has 0 radical (unpaired) electrons. The fourth-order valence-corrected chi connectivity index (χ4v) is 2.46. The standard InChI is InChI=1S/C22H16N2O4/c23-13-18(21(24)25)12-19-10-11-20(28-19)16-6-8-17(9-7-16)22(26)27-14-15-4-2-1-3-5-15/h1-12H,14H2,(H2,24,25)/b18-12+. The average molecular weight is 372 g/mol. The summed E-state index contributed by atoms with van der Waals surface area (Å²) in [6, 6.07) is 21.2. The second kappa shape index (κ2) is 8.52. The molecule has 138 valence electrons. The van der Waals surface area contributed by atoms with Gasteiger partial charge in [-0.1, -0.05) is 42.5 Å². The first kappa shape index (κ1) is 18.7. The maximum Gasteiger partial charge on any atom is 0.338 e. The van der Waals surface area contributed by atoms with E-state index in [1.807, 2.05) is 30.3 Å². The highest BCUT2D eigenvalue weighted by molar-refractivity contribution is 6.00. The van der Waals surface area contributed by atoms with Gasteiger partial charge in [0.25, 0.3) is 5.91 Å². The van der Waals surface area contributed by atoms with Crippen molar-refractivity contribution in [1.29, 1.82) is 5.26 Å². The smallest absolute Gasteiger partial charge is 0.338 e. The molecule has 0 aliphatic rings. The Labute approximate surface area is 161 Å². The monoisotopic (exact) mass is 372 g/mol. The Morgan fingerprint density at radius 2 is 1.75 bits per heavy atom. The molecule has 1 amide bonds. The summed E-state index contributed by atoms with van der Waals surface area (Å²) in [5.74, 6) is -0.383. The maximum atomic E-state index is 12.2. The minimum absolute atomic E-state index is 0.197. The SMILES string of the molecule is N#C/C(=C\c1ccc(-c2ccc(C(=O)OCc3ccccc3)cc2)o1)C(N)=O. The number of hydrogen-bond acceptors (Lipinski definition) is 5. The molecule has 6 nitrogen and oxygen atoms in total. The molecule has 1 heterocycles. The summed E-state index contributed by atoms with van der Waals surface area (Å²) in [5.41, 5.74) is 6.98. The van der Waals surface area contributed by atoms with Gasteiger partial charge < -0.3 is 14.9 Å². The molecule has 0 bridgehead atoms. The second-order valence-corrected chi connectivity index (χ2v) is 5.88. The topological polar surface area (TPSA) is 106 Å². The summed E-state index contributed by atoms with van der Waals surface area (Å²) >= 11 is 0. The lowest BCUT2D eigenvalue weighted by Crippen LogP contribution is -2.12. The van der Waals surface area contributed by atoms with Gasteiger partial charge in [0, 0.05) is 11.6 Å². The van der Waals surface area contributed by atoms with Crippen molar-refractivity contribution < 1.29 is 18.7 Å². The minimum atomic E-state index is -0.821. The molecule has 0 aliphatic heterocycles. The average Bonchev–Trinajstić information content (AvgIpc) is 3.19. The number of esters is 1. The Kier molecular flexibility index (Phi) is 5.68. The van der Waals surface area contributed by atoms with E-state index in [9.17, 15) is 9.59 Å². The minimum Gasteiger partial charge on any atom is -0.457 e. The molecular weight excluding hydrogens is 356 g/mol. The van der Waals surface area contributed by atoms with Gasteiger partial charge in [0.1, 0.15) is 29.8 Å². The summed E-state index contributed by atoms with van der Waals surface area (Å²) in [6.07, 6.45) is 1.28. The zero-order valence-corrected chi connectivity index (χ0v) is 14.8. The van der Waals surface area contributed by atoms with Crippen molar-refractivity contribution >= 4 is 18.0 Å². The highest BCUT2D eigenvalue weighted by Gasteiger charge is 2.10. The fraction of sp³-hybridized carbons (Fsp3) is 0.0455. The largest absolute Gasteiger partial charge is 0.457 e. The molecule has 28 heavy (non-hydrogen) atoms. The van der Waals surface area contributed by atoms with E-state index in [4.69, 9.17) is 20.1 Å². The van der Waals surface area contributed by atoms with Gasteiger partial charge in [0.05, 0.1) is 5.56 Å². The van der Waals surface area contributed by atoms with Gasteiger partial charge >= 0.3 is 5.97 Å². The molecule has 2 N–H and O–H groups in total. The number of primary amides is 1. The zero-order chi connectivity index (χ0) is 19.9. The third-order valence-electron chi connectivity index (χ3n) is 3.92. The first-order valence-electron chi connectivity index (χ1n) is 8.40. The van der Waals surface area contributed by atoms with Crippen LogP contribution in [0.5, 0.6) is 0 Å². The predicted molar refractivity (Wildman–Crippen MR) is 102 cm³/mol. The van der Waals surface area contributed by atoms with E-state index >= 15 is 0 Å². The highest BCUT2D eigenvalue weighted by atomic mass is 16.5. The van der Waals surface area contributed by atoms with Crippen LogP contribution in [0.2, 0.25) is 0 Å². The second-order valence-electron chi connectivity index (χ2n) is 5.88. The molecule has 0 aliphatic carbocycles. The summed E-state index contributed by atoms with van der Waals surface area (Å²) in [4.78, 5) is 23.3. The molecule has 6 heteroatoms. The molecule has 0 saturated carbocycles. The van der Waals surface area contributed by atoms with Crippen LogP contribution in [-0.2, 0) is 16.1 Å². The zero-order valence-electron chi connectivity index (χ0n) is 14.8. The molecule has 0 fully saturated rings. The van der Waals surface area contributed by atoms with Gasteiger partial charge in [-0.3, -0.25) is 4.79 Å². The van der Waals surface area contributed by atoms with E-state index in [1.54, 1.807) is 42.5 Å². The summed E-state index contributed by atoms with van der Waals surface area (Å²) in [7, 11) is 0. The lowest BCUT2D eigenvalue weighted by atomic mass is 10.1. The lowest BCUT2D eigenvalue weighted by Gasteiger charge is -2.05. The Morgan fingerprint density at radius 3 is 2.39 bits per heavy atom. The van der Waals surface area contributed by atoms with Crippen LogP contribution in [0.15, 0.2) is 76.7 Å². The van der Waals surface area contributed by atoms with Crippen molar-refractivity contribution in [2.75, 3.05) is 0 Å². The number of benzene rings is 2. The van der Waals surface area contributed by atoms with Crippen molar-refractivity contribution in [3.8, 4) is 17.4 Å². The van der Waals surface area contributed by atoms with Crippen molar-refractivity contribution in [2.45, 2.75) is 6.61 Å². The highest BCUT2D eigenvalue weighted by Crippen LogP contribution is 2.24. The third kappa shape index (κ3) is 4.54. The van der Waals surface area contributed by atoms with Crippen LogP contribution in [-0.4, -0.2) is 11.9 Å². The number of amides is 1.